The number of alkyl halides is 3. The van der Waals surface area contributed by atoms with Crippen molar-refractivity contribution in [1.29, 1.82) is 0 Å². The first-order chi connectivity index (χ1) is 49.1. The van der Waals surface area contributed by atoms with E-state index in [1.165, 1.54) is 39.9 Å². The second-order valence-electron chi connectivity index (χ2n) is 28.6. The fourth-order valence-corrected chi connectivity index (χ4v) is 17.2. The first-order valence-corrected chi connectivity index (χ1v) is 39.7. The van der Waals surface area contributed by atoms with Gasteiger partial charge in [0.25, 0.3) is 15.7 Å². The van der Waals surface area contributed by atoms with Crippen molar-refractivity contribution in [3.8, 4) is 10.4 Å². The molecule has 5 aromatic carbocycles. The third-order valence-corrected chi connectivity index (χ3v) is 24.3. The number of hydrogen-bond donors (Lipinski definition) is 6. The molecule has 27 heteroatoms. The Labute approximate surface area is 620 Å². The number of carbonyl (C=O) groups is 5. The predicted molar refractivity (Wildman–Crippen MR) is 403 cm³/mol. The minimum atomic E-state index is -5.82. The number of nitrogens with zero attached hydrogens (tertiary/aromatic N) is 5. The average Bonchev–Trinajstić information content (AvgIpc) is 1.75. The number of β-amino-alcohol motifs (C(OH)–C–C–N with tert-alkyl or cyclic N) is 1. The van der Waals surface area contributed by atoms with Crippen LogP contribution in [0.15, 0.2) is 147 Å². The molecule has 0 saturated carbocycles. The van der Waals surface area contributed by atoms with Gasteiger partial charge in [-0.15, -0.1) is 23.1 Å². The molecular weight excluding hydrogens is 1420 g/mol. The number of thiazole rings is 1. The largest absolute Gasteiger partial charge is 0.501 e. The van der Waals surface area contributed by atoms with Crippen LogP contribution in [0.4, 0.5) is 24.5 Å². The molecule has 6 aromatic rings. The monoisotopic (exact) mass is 1510 g/mol. The van der Waals surface area contributed by atoms with Crippen molar-refractivity contribution in [2.24, 2.45) is 10.8 Å². The second kappa shape index (κ2) is 35.4. The molecule has 4 heterocycles. The lowest BCUT2D eigenvalue weighted by atomic mass is 9.71. The van der Waals surface area contributed by atoms with E-state index in [9.17, 15) is 50.7 Å². The number of ether oxygens (including phenoxy) is 1. The van der Waals surface area contributed by atoms with E-state index < -0.39 is 61.7 Å². The number of unbranched alkanes of at least 4 members (excludes halogenated alkanes) is 1. The third-order valence-electron chi connectivity index (χ3n) is 19.6. The summed E-state index contributed by atoms with van der Waals surface area (Å²) in [6.07, 6.45) is 3.26. The van der Waals surface area contributed by atoms with E-state index >= 15 is 0 Å². The molecule has 3 fully saturated rings. The van der Waals surface area contributed by atoms with Crippen LogP contribution in [0.5, 0.6) is 0 Å². The van der Waals surface area contributed by atoms with Gasteiger partial charge in [-0.05, 0) is 164 Å². The number of aryl methyl sites for hydroxylation is 1. The highest BCUT2D eigenvalue weighted by molar-refractivity contribution is 7.99. The maximum absolute atomic E-state index is 14.3. The molecular formula is C76H94ClF3N10O9S4. The minimum absolute atomic E-state index is 0.0434. The van der Waals surface area contributed by atoms with Crippen LogP contribution < -0.4 is 30.9 Å². The standard InChI is InChI=1S/C76H94ClF3N10O9S4/c1-50(52-16-18-54(19-17-52)69-51(2)82-49-101-69)83-72(95)65-42-60(91)46-90(65)73(96)70(74(3,4)5)85-68(93)15-11-10-14-67(92)81-48-75(6)32-30-63(53-20-24-57(77)25-21-53)56(44-75)45-88-34-36-89(37-35-88)59-26-22-55(23-27-59)71(94)86-102-62-28-29-64(66(43-62)103(97,98)76(78,79)80)84-58(31-33-87-38-40-99-41-39-87)47-100-61-12-8-7-9-13-61/h7-9,12-13,16-29,43,49-50,58,60,65,70,84,91H,10-11,14-15,30-42,44-48H2,1-6H3,(H,81,92)(H,83,95)(H,85,93)(H,86,94)/t50-,58+,60+,65-,70+,75?/m0/s1. The fourth-order valence-electron chi connectivity index (χ4n) is 13.6. The van der Waals surface area contributed by atoms with Crippen molar-refractivity contribution in [2.45, 2.75) is 150 Å². The Hall–Kier alpha value is -7.01. The van der Waals surface area contributed by atoms with E-state index in [1.54, 1.807) is 23.5 Å². The number of nitrogens with one attached hydrogen (secondary N) is 5. The molecule has 3 saturated heterocycles. The summed E-state index contributed by atoms with van der Waals surface area (Å²) in [5.41, 5.74) is 2.84. The number of hydrogen-bond acceptors (Lipinski definition) is 17. The molecule has 1 aromatic heterocycles. The van der Waals surface area contributed by atoms with Gasteiger partial charge >= 0.3 is 5.51 Å². The maximum Gasteiger partial charge on any atom is 0.501 e. The Morgan fingerprint density at radius 1 is 0.825 bits per heavy atom. The molecule has 6 atom stereocenters. The highest BCUT2D eigenvalue weighted by atomic mass is 35.5. The van der Waals surface area contributed by atoms with E-state index in [2.05, 4.69) is 64.7 Å². The Balaban J connectivity index is 0.683. The van der Waals surface area contributed by atoms with Crippen LogP contribution in [0, 0.1) is 17.8 Å². The predicted octanol–water partition coefficient (Wildman–Crippen LogP) is 12.6. The molecule has 4 aliphatic rings. The normalized spacial score (nSPS) is 19.5. The summed E-state index contributed by atoms with van der Waals surface area (Å²) in [4.78, 5) is 82.7. The summed E-state index contributed by atoms with van der Waals surface area (Å²) in [7, 11) is -5.82. The van der Waals surface area contributed by atoms with Crippen LogP contribution in [-0.2, 0) is 33.8 Å². The van der Waals surface area contributed by atoms with Gasteiger partial charge < -0.3 is 40.9 Å². The lowest BCUT2D eigenvalue weighted by Crippen LogP contribution is -2.57. The molecule has 554 valence electrons. The number of carbonyl (C=O) groups excluding carboxylic acids is 5. The number of aliphatic hydroxyl groups excluding tert-OH is 1. The first kappa shape index (κ1) is 78.6. The molecule has 0 bridgehead atoms. The molecule has 19 nitrogen and oxygen atoms in total. The number of rotatable bonds is 29. The third kappa shape index (κ3) is 21.4. The van der Waals surface area contributed by atoms with E-state index in [0.29, 0.717) is 75.0 Å². The van der Waals surface area contributed by atoms with Crippen LogP contribution in [-0.4, -0.2) is 177 Å². The van der Waals surface area contributed by atoms with Gasteiger partial charge in [0.05, 0.1) is 47.1 Å². The van der Waals surface area contributed by atoms with Gasteiger partial charge in [-0.2, -0.15) is 13.2 Å². The highest BCUT2D eigenvalue weighted by Gasteiger charge is 2.49. The van der Waals surface area contributed by atoms with Gasteiger partial charge in [0, 0.05) is 123 Å². The lowest BCUT2D eigenvalue weighted by molar-refractivity contribution is -0.144. The first-order valence-electron chi connectivity index (χ1n) is 35.2. The summed E-state index contributed by atoms with van der Waals surface area (Å²) in [5.74, 6) is -1.35. The summed E-state index contributed by atoms with van der Waals surface area (Å²) < 4.78 is 77.6. The van der Waals surface area contributed by atoms with E-state index in [0.717, 1.165) is 108 Å². The Morgan fingerprint density at radius 3 is 2.17 bits per heavy atom. The Kier molecular flexibility index (Phi) is 27.0. The van der Waals surface area contributed by atoms with Crippen molar-refractivity contribution in [1.82, 2.24) is 40.4 Å². The highest BCUT2D eigenvalue weighted by Crippen LogP contribution is 2.44. The number of amides is 5. The fraction of sp³-hybridized carbons (Fsp3) is 0.474. The maximum atomic E-state index is 14.3. The van der Waals surface area contributed by atoms with Crippen LogP contribution in [0.2, 0.25) is 5.02 Å². The molecule has 0 radical (unpaired) electrons. The number of allylic oxidation sites excluding steroid dienone is 1. The minimum Gasteiger partial charge on any atom is -0.391 e. The van der Waals surface area contributed by atoms with E-state index in [1.807, 2.05) is 119 Å². The number of aromatic nitrogens is 1. The van der Waals surface area contributed by atoms with E-state index in [-0.39, 0.29) is 65.6 Å². The number of sulfone groups is 1. The number of likely N-dealkylation sites (tertiary alicyclic amines) is 1. The van der Waals surface area contributed by atoms with Gasteiger partial charge in [0.15, 0.2) is 0 Å². The lowest BCUT2D eigenvalue weighted by Gasteiger charge is -2.41. The summed E-state index contributed by atoms with van der Waals surface area (Å²) in [6, 6.07) is 33.6. The SMILES string of the molecule is Cc1ncsc1-c1ccc([C@H](C)NC(=O)[C@@H]2C[C@@H](O)CN2C(=O)[C@@H](NC(=O)CCCCC(=O)NCC2(C)CCC(c3ccc(Cl)cc3)=C(CN3CCN(c4ccc(C(=O)NSc5ccc(N[C@H](CCN6CCOCC6)CSc6ccccc6)c(S(=O)(=O)C(F)(F)F)c5)cc4)CC3)C2)C(C)(C)C)cc1. The van der Waals surface area contributed by atoms with Crippen LogP contribution in [0.1, 0.15) is 126 Å². The van der Waals surface area contributed by atoms with Gasteiger partial charge in [-0.3, -0.25) is 38.5 Å². The Bertz CT molecular complexity index is 4040. The topological polar surface area (TPSA) is 235 Å². The van der Waals surface area contributed by atoms with E-state index in [4.69, 9.17) is 16.3 Å². The van der Waals surface area contributed by atoms with Gasteiger partial charge in [-0.25, -0.2) is 13.4 Å². The molecule has 0 spiro atoms. The molecule has 6 N–H and O–H groups in total. The summed E-state index contributed by atoms with van der Waals surface area (Å²) in [6.45, 7) is 18.9. The number of aliphatic hydroxyl groups is 1. The number of thioether (sulfide) groups is 1. The average molecular weight is 1510 g/mol. The second-order valence-corrected chi connectivity index (χ2v) is 33.8. The molecule has 5 amide bonds. The van der Waals surface area contributed by atoms with Gasteiger partial charge in [-0.1, -0.05) is 99.5 Å². The van der Waals surface area contributed by atoms with Gasteiger partial charge in [0.2, 0.25) is 23.6 Å². The number of halogens is 4. The zero-order valence-corrected chi connectivity index (χ0v) is 63.2. The molecule has 3 aliphatic heterocycles. The molecule has 1 aliphatic carbocycles. The smallest absolute Gasteiger partial charge is 0.391 e. The van der Waals surface area contributed by atoms with Crippen LogP contribution >= 0.6 is 46.6 Å². The van der Waals surface area contributed by atoms with Crippen molar-refractivity contribution in [3.05, 3.63) is 160 Å². The zero-order chi connectivity index (χ0) is 73.6. The summed E-state index contributed by atoms with van der Waals surface area (Å²) in [5, 5.41) is 23.8. The number of anilines is 2. The zero-order valence-electron chi connectivity index (χ0n) is 59.2. The number of piperazine rings is 1. The summed E-state index contributed by atoms with van der Waals surface area (Å²) >= 11 is 10.2. The van der Waals surface area contributed by atoms with Crippen LogP contribution in [0.3, 0.4) is 0 Å². The van der Waals surface area contributed by atoms with Crippen LogP contribution in [0.25, 0.3) is 16.0 Å². The quantitative estimate of drug-likeness (QED) is 0.0146. The van der Waals surface area contributed by atoms with Crippen molar-refractivity contribution in [2.75, 3.05) is 94.6 Å². The molecule has 10 rings (SSSR count). The van der Waals surface area contributed by atoms with Gasteiger partial charge in [0.1, 0.15) is 17.0 Å². The van der Waals surface area contributed by atoms with Crippen molar-refractivity contribution < 1.29 is 55.4 Å². The molecule has 103 heavy (non-hydrogen) atoms. The molecule has 1 unspecified atom stereocenters. The van der Waals surface area contributed by atoms with Crippen molar-refractivity contribution >= 4 is 103 Å². The number of benzene rings is 5. The van der Waals surface area contributed by atoms with Crippen molar-refractivity contribution in [3.63, 3.8) is 0 Å². The Morgan fingerprint density at radius 2 is 1.50 bits per heavy atom. The number of morpholine rings is 1.